The molecule has 156 valence electrons. The van der Waals surface area contributed by atoms with Gasteiger partial charge in [-0.05, 0) is 36.2 Å². The highest BCUT2D eigenvalue weighted by molar-refractivity contribution is 5.97. The Morgan fingerprint density at radius 2 is 1.87 bits per heavy atom. The van der Waals surface area contributed by atoms with Gasteiger partial charge in [-0.3, -0.25) is 4.79 Å². The van der Waals surface area contributed by atoms with Gasteiger partial charge in [0.1, 0.15) is 23.2 Å². The maximum absolute atomic E-state index is 14.0. The smallest absolute Gasteiger partial charge is 0.263 e. The molecule has 1 heterocycles. The number of nitriles is 1. The second-order valence-corrected chi connectivity index (χ2v) is 6.98. The van der Waals surface area contributed by atoms with Crippen LogP contribution >= 0.6 is 0 Å². The maximum atomic E-state index is 14.0. The molecule has 1 fully saturated rings. The molecule has 6 nitrogen and oxygen atoms in total. The minimum absolute atomic E-state index is 0.0732. The minimum Gasteiger partial charge on any atom is -0.497 e. The Kier molecular flexibility index (Phi) is 7.28. The van der Waals surface area contributed by atoms with Gasteiger partial charge in [-0.25, -0.2) is 4.39 Å². The number of methoxy groups -OCH3 is 1. The number of piperazine rings is 1. The lowest BCUT2D eigenvalue weighted by Crippen LogP contribution is -2.44. The van der Waals surface area contributed by atoms with Crippen LogP contribution in [0.4, 0.5) is 10.1 Å². The topological polar surface area (TPSA) is 68.6 Å². The Morgan fingerprint density at radius 1 is 1.17 bits per heavy atom. The summed E-state index contributed by atoms with van der Waals surface area (Å²) in [6, 6.07) is 16.3. The molecule has 0 unspecified atom stereocenters. The van der Waals surface area contributed by atoms with Crippen LogP contribution in [0.15, 0.2) is 60.3 Å². The molecule has 1 N–H and O–H groups in total. The summed E-state index contributed by atoms with van der Waals surface area (Å²) in [5, 5.41) is 12.2. The van der Waals surface area contributed by atoms with Crippen molar-refractivity contribution in [3.63, 3.8) is 0 Å². The molecule has 1 amide bonds. The molecule has 0 aliphatic carbocycles. The summed E-state index contributed by atoms with van der Waals surface area (Å²) in [4.78, 5) is 16.3. The third kappa shape index (κ3) is 5.51. The summed E-state index contributed by atoms with van der Waals surface area (Å²) >= 11 is 0. The van der Waals surface area contributed by atoms with E-state index in [4.69, 9.17) is 4.74 Å². The maximum Gasteiger partial charge on any atom is 0.263 e. The van der Waals surface area contributed by atoms with Crippen molar-refractivity contribution in [2.24, 2.45) is 0 Å². The van der Waals surface area contributed by atoms with Crippen LogP contribution in [0.3, 0.4) is 0 Å². The van der Waals surface area contributed by atoms with Gasteiger partial charge in [0.05, 0.1) is 12.8 Å². The summed E-state index contributed by atoms with van der Waals surface area (Å²) in [5.74, 6) is 0.158. The molecule has 0 radical (unpaired) electrons. The van der Waals surface area contributed by atoms with E-state index in [2.05, 4.69) is 5.32 Å². The van der Waals surface area contributed by atoms with Gasteiger partial charge in [0.15, 0.2) is 0 Å². The van der Waals surface area contributed by atoms with Gasteiger partial charge in [-0.1, -0.05) is 24.3 Å². The number of nitrogens with one attached hydrogen (secondary N) is 1. The van der Waals surface area contributed by atoms with Crippen molar-refractivity contribution in [1.82, 2.24) is 10.2 Å². The monoisotopic (exact) mass is 408 g/mol. The molecule has 0 atom stereocenters. The SMILES string of the molecule is COc1ccc(CCNC(=O)/C(C#N)=C\N2CCN(c3ccccc3F)CC2)cc1. The van der Waals surface area contributed by atoms with E-state index in [0.29, 0.717) is 44.8 Å². The number of ether oxygens (including phenoxy) is 1. The molecule has 0 saturated carbocycles. The fraction of sp³-hybridized carbons (Fsp3) is 0.304. The van der Waals surface area contributed by atoms with Crippen molar-refractivity contribution in [1.29, 1.82) is 5.26 Å². The number of anilines is 1. The fourth-order valence-electron chi connectivity index (χ4n) is 3.33. The van der Waals surface area contributed by atoms with Crippen LogP contribution in [0.5, 0.6) is 5.75 Å². The lowest BCUT2D eigenvalue weighted by molar-refractivity contribution is -0.117. The number of halogens is 1. The average Bonchev–Trinajstić information content (AvgIpc) is 2.78. The summed E-state index contributed by atoms with van der Waals surface area (Å²) in [5.41, 5.74) is 1.73. The average molecular weight is 408 g/mol. The van der Waals surface area contributed by atoms with E-state index in [1.54, 1.807) is 25.4 Å². The Morgan fingerprint density at radius 3 is 2.50 bits per heavy atom. The zero-order chi connectivity index (χ0) is 21.3. The van der Waals surface area contributed by atoms with Crippen molar-refractivity contribution >= 4 is 11.6 Å². The van der Waals surface area contributed by atoms with E-state index in [1.807, 2.05) is 46.2 Å². The van der Waals surface area contributed by atoms with Crippen LogP contribution in [-0.4, -0.2) is 50.6 Å². The minimum atomic E-state index is -0.387. The van der Waals surface area contributed by atoms with Crippen LogP contribution < -0.4 is 15.0 Å². The Bertz CT molecular complexity index is 929. The molecule has 7 heteroatoms. The molecule has 0 aromatic heterocycles. The third-order valence-corrected chi connectivity index (χ3v) is 5.04. The molecule has 2 aromatic carbocycles. The second-order valence-electron chi connectivity index (χ2n) is 6.98. The van der Waals surface area contributed by atoms with Gasteiger partial charge in [0, 0.05) is 38.9 Å². The van der Waals surface area contributed by atoms with Crippen molar-refractivity contribution in [2.75, 3.05) is 44.7 Å². The zero-order valence-corrected chi connectivity index (χ0v) is 17.0. The van der Waals surface area contributed by atoms with Gasteiger partial charge in [0.2, 0.25) is 0 Å². The third-order valence-electron chi connectivity index (χ3n) is 5.04. The summed E-state index contributed by atoms with van der Waals surface area (Å²) in [7, 11) is 1.62. The first-order chi connectivity index (χ1) is 14.6. The van der Waals surface area contributed by atoms with Crippen molar-refractivity contribution in [2.45, 2.75) is 6.42 Å². The number of para-hydroxylation sites is 1. The molecule has 1 aliphatic rings. The van der Waals surface area contributed by atoms with Gasteiger partial charge in [-0.2, -0.15) is 5.26 Å². The summed E-state index contributed by atoms with van der Waals surface area (Å²) in [6.07, 6.45) is 2.26. The Labute approximate surface area is 176 Å². The number of hydrogen-bond donors (Lipinski definition) is 1. The van der Waals surface area contributed by atoms with E-state index in [-0.39, 0.29) is 17.3 Å². The lowest BCUT2D eigenvalue weighted by Gasteiger charge is -2.35. The van der Waals surface area contributed by atoms with Crippen LogP contribution in [0, 0.1) is 17.1 Å². The van der Waals surface area contributed by atoms with Gasteiger partial charge >= 0.3 is 0 Å². The van der Waals surface area contributed by atoms with Gasteiger partial charge < -0.3 is 19.9 Å². The lowest BCUT2D eigenvalue weighted by atomic mass is 10.1. The highest BCUT2D eigenvalue weighted by Crippen LogP contribution is 2.20. The van der Waals surface area contributed by atoms with E-state index in [9.17, 15) is 14.4 Å². The van der Waals surface area contributed by atoms with Gasteiger partial charge in [0.25, 0.3) is 5.91 Å². The normalized spacial score (nSPS) is 14.2. The summed E-state index contributed by atoms with van der Waals surface area (Å²) < 4.78 is 19.1. The molecular weight excluding hydrogens is 383 g/mol. The largest absolute Gasteiger partial charge is 0.497 e. The Hall–Kier alpha value is -3.53. The highest BCUT2D eigenvalue weighted by Gasteiger charge is 2.19. The number of carbonyl (C=O) groups excluding carboxylic acids is 1. The van der Waals surface area contributed by atoms with Crippen molar-refractivity contribution in [3.8, 4) is 11.8 Å². The van der Waals surface area contributed by atoms with E-state index < -0.39 is 0 Å². The zero-order valence-electron chi connectivity index (χ0n) is 17.0. The van der Waals surface area contributed by atoms with Crippen molar-refractivity contribution < 1.29 is 13.9 Å². The number of benzene rings is 2. The Balaban J connectivity index is 1.49. The molecule has 0 spiro atoms. The number of carbonyl (C=O) groups is 1. The predicted molar refractivity (Wildman–Crippen MR) is 114 cm³/mol. The molecule has 1 saturated heterocycles. The number of amides is 1. The molecular formula is C23H25FN4O2. The molecule has 1 aliphatic heterocycles. The first-order valence-corrected chi connectivity index (χ1v) is 9.87. The van der Waals surface area contributed by atoms with Crippen LogP contribution in [0.25, 0.3) is 0 Å². The van der Waals surface area contributed by atoms with E-state index >= 15 is 0 Å². The number of hydrogen-bond acceptors (Lipinski definition) is 5. The first kappa shape index (κ1) is 21.2. The quantitative estimate of drug-likeness (QED) is 0.564. The molecule has 30 heavy (non-hydrogen) atoms. The van der Waals surface area contributed by atoms with Crippen molar-refractivity contribution in [3.05, 3.63) is 71.7 Å². The molecule has 0 bridgehead atoms. The standard InChI is InChI=1S/C23H25FN4O2/c1-30-20-8-6-18(7-9-20)10-11-26-23(29)19(16-25)17-27-12-14-28(15-13-27)22-5-3-2-4-21(22)24/h2-9,17H,10-15H2,1H3,(H,26,29)/b19-17-. The predicted octanol–water partition coefficient (Wildman–Crippen LogP) is 2.72. The first-order valence-electron chi connectivity index (χ1n) is 9.87. The number of nitrogens with zero attached hydrogens (tertiary/aromatic N) is 3. The van der Waals surface area contributed by atoms with Crippen LogP contribution in [-0.2, 0) is 11.2 Å². The fourth-order valence-corrected chi connectivity index (χ4v) is 3.33. The number of rotatable bonds is 7. The van der Waals surface area contributed by atoms with E-state index in [0.717, 1.165) is 11.3 Å². The summed E-state index contributed by atoms with van der Waals surface area (Å²) in [6.45, 7) is 2.90. The second kappa shape index (κ2) is 10.3. The molecule has 2 aromatic rings. The molecule has 3 rings (SSSR count). The van der Waals surface area contributed by atoms with Crippen LogP contribution in [0.2, 0.25) is 0 Å². The van der Waals surface area contributed by atoms with Crippen LogP contribution in [0.1, 0.15) is 5.56 Å². The van der Waals surface area contributed by atoms with E-state index in [1.165, 1.54) is 6.07 Å². The van der Waals surface area contributed by atoms with Gasteiger partial charge in [-0.15, -0.1) is 0 Å². The highest BCUT2D eigenvalue weighted by atomic mass is 19.1.